The highest BCUT2D eigenvalue weighted by Gasteiger charge is 2.12. The molecule has 1 amide bonds. The summed E-state index contributed by atoms with van der Waals surface area (Å²) >= 11 is 0. The largest absolute Gasteiger partial charge is 0.490 e. The molecule has 0 spiro atoms. The minimum Gasteiger partial charge on any atom is -0.490 e. The molecule has 0 unspecified atom stereocenters. The van der Waals surface area contributed by atoms with E-state index in [0.29, 0.717) is 26.2 Å². The van der Waals surface area contributed by atoms with Crippen molar-refractivity contribution >= 4 is 16.8 Å². The Kier molecular flexibility index (Phi) is 5.01. The molecule has 1 N–H and O–H groups in total. The topological polar surface area (TPSA) is 52.5 Å². The van der Waals surface area contributed by atoms with E-state index >= 15 is 0 Å². The number of aryl methyl sites for hydroxylation is 1. The van der Waals surface area contributed by atoms with E-state index in [1.54, 1.807) is 0 Å². The number of nitrogens with one attached hydrogen (secondary N) is 1. The molecule has 0 saturated carbocycles. The number of fused-ring (bicyclic) bond motifs is 2. The molecule has 0 atom stereocenters. The summed E-state index contributed by atoms with van der Waals surface area (Å²) in [5.41, 5.74) is 3.40. The number of nitrogens with zero attached hydrogens (tertiary/aromatic N) is 1. The molecule has 140 valence electrons. The van der Waals surface area contributed by atoms with E-state index < -0.39 is 0 Å². The summed E-state index contributed by atoms with van der Waals surface area (Å²) in [5.74, 6) is 1.51. The van der Waals surface area contributed by atoms with Crippen LogP contribution in [0, 0.1) is 0 Å². The average Bonchev–Trinajstić information content (AvgIpc) is 2.84. The number of ether oxygens (including phenoxy) is 2. The Hall–Kier alpha value is -2.95. The maximum Gasteiger partial charge on any atom is 0.224 e. The zero-order chi connectivity index (χ0) is 18.6. The van der Waals surface area contributed by atoms with Gasteiger partial charge in [-0.3, -0.25) is 4.79 Å². The Morgan fingerprint density at radius 1 is 1.11 bits per heavy atom. The van der Waals surface area contributed by atoms with Gasteiger partial charge in [0.25, 0.3) is 0 Å². The van der Waals surface area contributed by atoms with Crippen LogP contribution in [0.2, 0.25) is 0 Å². The fourth-order valence-electron chi connectivity index (χ4n) is 3.53. The smallest absolute Gasteiger partial charge is 0.224 e. The lowest BCUT2D eigenvalue weighted by molar-refractivity contribution is -0.120. The fraction of sp³-hybridized carbons (Fsp3) is 0.318. The summed E-state index contributed by atoms with van der Waals surface area (Å²) in [4.78, 5) is 12.3. The highest BCUT2D eigenvalue weighted by molar-refractivity contribution is 5.84. The maximum atomic E-state index is 12.3. The molecule has 0 saturated heterocycles. The molecule has 1 aliphatic heterocycles. The van der Waals surface area contributed by atoms with Gasteiger partial charge in [-0.1, -0.05) is 24.3 Å². The Bertz CT molecular complexity index is 961. The first kappa shape index (κ1) is 17.5. The van der Waals surface area contributed by atoms with Gasteiger partial charge in [0.1, 0.15) is 0 Å². The normalized spacial score (nSPS) is 13.4. The van der Waals surface area contributed by atoms with Gasteiger partial charge in [-0.15, -0.1) is 0 Å². The van der Waals surface area contributed by atoms with Crippen LogP contribution in [0.15, 0.2) is 48.7 Å². The predicted molar refractivity (Wildman–Crippen MR) is 105 cm³/mol. The van der Waals surface area contributed by atoms with Crippen LogP contribution < -0.4 is 14.8 Å². The van der Waals surface area contributed by atoms with Crippen LogP contribution in [0.25, 0.3) is 10.9 Å². The number of para-hydroxylation sites is 1. The Morgan fingerprint density at radius 2 is 1.93 bits per heavy atom. The number of rotatable bonds is 5. The van der Waals surface area contributed by atoms with Gasteiger partial charge in [0.2, 0.25) is 5.91 Å². The fourth-order valence-corrected chi connectivity index (χ4v) is 3.53. The number of carbonyl (C=O) groups excluding carboxylic acids is 1. The van der Waals surface area contributed by atoms with E-state index in [-0.39, 0.29) is 5.91 Å². The molecule has 2 aromatic carbocycles. The van der Waals surface area contributed by atoms with Crippen molar-refractivity contribution in [3.63, 3.8) is 0 Å². The van der Waals surface area contributed by atoms with Crippen molar-refractivity contribution in [2.75, 3.05) is 19.8 Å². The molecular weight excluding hydrogens is 340 g/mol. The minimum absolute atomic E-state index is 0.0183. The SMILES string of the molecule is Cn1cc(CCNC(=O)Cc2ccc3c(c2)OCCCO3)c2ccccc21. The van der Waals surface area contributed by atoms with Crippen LogP contribution in [0.5, 0.6) is 11.5 Å². The first-order valence-electron chi connectivity index (χ1n) is 9.39. The second-order valence-corrected chi connectivity index (χ2v) is 6.89. The molecule has 27 heavy (non-hydrogen) atoms. The molecule has 0 bridgehead atoms. The van der Waals surface area contributed by atoms with Crippen LogP contribution in [-0.2, 0) is 24.7 Å². The summed E-state index contributed by atoms with van der Waals surface area (Å²) in [6.07, 6.45) is 4.17. The van der Waals surface area contributed by atoms with Gasteiger partial charge in [-0.05, 0) is 35.7 Å². The number of benzene rings is 2. The van der Waals surface area contributed by atoms with Gasteiger partial charge in [-0.2, -0.15) is 0 Å². The van der Waals surface area contributed by atoms with Gasteiger partial charge in [-0.25, -0.2) is 0 Å². The molecule has 5 heteroatoms. The van der Waals surface area contributed by atoms with Crippen molar-refractivity contribution in [3.8, 4) is 11.5 Å². The first-order chi connectivity index (χ1) is 13.2. The highest BCUT2D eigenvalue weighted by atomic mass is 16.5. The minimum atomic E-state index is 0.0183. The van der Waals surface area contributed by atoms with Gasteiger partial charge in [0.05, 0.1) is 19.6 Å². The predicted octanol–water partition coefficient (Wildman–Crippen LogP) is 3.24. The van der Waals surface area contributed by atoms with E-state index in [9.17, 15) is 4.79 Å². The van der Waals surface area contributed by atoms with Gasteiger partial charge in [0, 0.05) is 37.1 Å². The third-order valence-electron chi connectivity index (χ3n) is 4.87. The summed E-state index contributed by atoms with van der Waals surface area (Å²) < 4.78 is 13.5. The van der Waals surface area contributed by atoms with E-state index in [4.69, 9.17) is 9.47 Å². The molecule has 0 aliphatic carbocycles. The number of aromatic nitrogens is 1. The molecule has 5 nitrogen and oxygen atoms in total. The van der Waals surface area contributed by atoms with E-state index in [2.05, 4.69) is 41.3 Å². The number of hydrogen-bond acceptors (Lipinski definition) is 3. The number of hydrogen-bond donors (Lipinski definition) is 1. The lowest BCUT2D eigenvalue weighted by Crippen LogP contribution is -2.27. The van der Waals surface area contributed by atoms with Crippen LogP contribution in [0.1, 0.15) is 17.5 Å². The lowest BCUT2D eigenvalue weighted by Gasteiger charge is -2.09. The zero-order valence-corrected chi connectivity index (χ0v) is 15.5. The monoisotopic (exact) mass is 364 g/mol. The lowest BCUT2D eigenvalue weighted by atomic mass is 10.1. The Morgan fingerprint density at radius 3 is 2.81 bits per heavy atom. The van der Waals surface area contributed by atoms with Crippen LogP contribution in [0.4, 0.5) is 0 Å². The van der Waals surface area contributed by atoms with E-state index in [1.165, 1.54) is 16.5 Å². The van der Waals surface area contributed by atoms with Crippen LogP contribution >= 0.6 is 0 Å². The maximum absolute atomic E-state index is 12.3. The molecule has 1 aliphatic rings. The van der Waals surface area contributed by atoms with Crippen molar-refractivity contribution < 1.29 is 14.3 Å². The first-order valence-corrected chi connectivity index (χ1v) is 9.39. The van der Waals surface area contributed by atoms with Crippen molar-refractivity contribution in [3.05, 3.63) is 59.8 Å². The summed E-state index contributed by atoms with van der Waals surface area (Å²) in [5, 5.41) is 4.27. The van der Waals surface area contributed by atoms with Crippen molar-refractivity contribution in [1.29, 1.82) is 0 Å². The van der Waals surface area contributed by atoms with Crippen LogP contribution in [0.3, 0.4) is 0 Å². The Balaban J connectivity index is 1.34. The quantitative estimate of drug-likeness (QED) is 0.756. The summed E-state index contributed by atoms with van der Waals surface area (Å²) in [6, 6.07) is 14.1. The second kappa shape index (κ2) is 7.74. The molecule has 0 fully saturated rings. The molecule has 1 aromatic heterocycles. The van der Waals surface area contributed by atoms with Crippen molar-refractivity contribution in [1.82, 2.24) is 9.88 Å². The molecule has 2 heterocycles. The van der Waals surface area contributed by atoms with Gasteiger partial charge in [0.15, 0.2) is 11.5 Å². The summed E-state index contributed by atoms with van der Waals surface area (Å²) in [6.45, 7) is 1.94. The van der Waals surface area contributed by atoms with Crippen LogP contribution in [-0.4, -0.2) is 30.2 Å². The molecule has 0 radical (unpaired) electrons. The van der Waals surface area contributed by atoms with E-state index in [0.717, 1.165) is 29.9 Å². The molecule has 3 aromatic rings. The number of carbonyl (C=O) groups is 1. The third kappa shape index (κ3) is 3.92. The Labute approximate surface area is 158 Å². The zero-order valence-electron chi connectivity index (χ0n) is 15.5. The average molecular weight is 364 g/mol. The summed E-state index contributed by atoms with van der Waals surface area (Å²) in [7, 11) is 2.05. The standard InChI is InChI=1S/C22H24N2O3/c1-24-15-17(18-5-2-3-6-19(18)24)9-10-23-22(25)14-16-7-8-20-21(13-16)27-12-4-11-26-20/h2-3,5-8,13,15H,4,9-12,14H2,1H3,(H,23,25). The molecular formula is C22H24N2O3. The molecule has 4 rings (SSSR count). The van der Waals surface area contributed by atoms with Crippen molar-refractivity contribution in [2.24, 2.45) is 7.05 Å². The number of amides is 1. The van der Waals surface area contributed by atoms with Crippen molar-refractivity contribution in [2.45, 2.75) is 19.3 Å². The van der Waals surface area contributed by atoms with Gasteiger partial charge < -0.3 is 19.4 Å². The highest BCUT2D eigenvalue weighted by Crippen LogP contribution is 2.30. The van der Waals surface area contributed by atoms with E-state index in [1.807, 2.05) is 24.3 Å². The second-order valence-electron chi connectivity index (χ2n) is 6.89. The third-order valence-corrected chi connectivity index (χ3v) is 4.87. The van der Waals surface area contributed by atoms with Gasteiger partial charge >= 0.3 is 0 Å².